The highest BCUT2D eigenvalue weighted by atomic mass is 16.6. The van der Waals surface area contributed by atoms with Crippen molar-refractivity contribution in [1.29, 1.82) is 0 Å². The molecule has 4 rings (SSSR count). The van der Waals surface area contributed by atoms with Crippen LogP contribution >= 0.6 is 0 Å². The van der Waals surface area contributed by atoms with E-state index in [1.54, 1.807) is 0 Å². The van der Waals surface area contributed by atoms with Crippen LogP contribution < -0.4 is 5.32 Å². The maximum atomic E-state index is 12.8. The molecule has 1 unspecified atom stereocenters. The number of rotatable bonds is 9. The average Bonchev–Trinajstić information content (AvgIpc) is 2.89. The number of likely N-dealkylation sites (tertiary alicyclic amines) is 1. The first-order valence-corrected chi connectivity index (χ1v) is 12.2. The van der Waals surface area contributed by atoms with E-state index in [0.717, 1.165) is 44.7 Å². The Bertz CT molecular complexity index is 948. The monoisotopic (exact) mass is 457 g/mol. The molecule has 1 N–H and O–H groups in total. The number of ether oxygens (including phenoxy) is 1. The standard InChI is InChI=1S/C29H35N3O2/c1-24(32(21-25-11-5-2-6-12-25)22-26-13-7-3-8-14-26)23-34-29(33)31-19-17-28(18-20-31)30-27-15-9-4-10-16-27/h2-16,24,28,30H,17-23H2,1H3. The molecule has 34 heavy (non-hydrogen) atoms. The Hall–Kier alpha value is -3.31. The molecule has 1 amide bonds. The topological polar surface area (TPSA) is 44.8 Å². The van der Waals surface area contributed by atoms with Crippen LogP contribution in [-0.4, -0.2) is 47.7 Å². The van der Waals surface area contributed by atoms with Crippen LogP contribution in [0.25, 0.3) is 0 Å². The zero-order chi connectivity index (χ0) is 23.6. The van der Waals surface area contributed by atoms with Gasteiger partial charge < -0.3 is 15.0 Å². The number of hydrogen-bond donors (Lipinski definition) is 1. The summed E-state index contributed by atoms with van der Waals surface area (Å²) in [5.74, 6) is 0. The number of benzene rings is 3. The molecule has 5 nitrogen and oxygen atoms in total. The van der Waals surface area contributed by atoms with E-state index in [1.165, 1.54) is 11.1 Å². The van der Waals surface area contributed by atoms with Crippen LogP contribution in [-0.2, 0) is 17.8 Å². The molecule has 0 radical (unpaired) electrons. The molecule has 1 heterocycles. The summed E-state index contributed by atoms with van der Waals surface area (Å²) in [6.07, 6.45) is 1.64. The van der Waals surface area contributed by atoms with Gasteiger partial charge in [-0.25, -0.2) is 4.79 Å². The molecule has 1 fully saturated rings. The van der Waals surface area contributed by atoms with Crippen molar-refractivity contribution in [2.45, 2.75) is 44.9 Å². The minimum absolute atomic E-state index is 0.0987. The van der Waals surface area contributed by atoms with E-state index in [-0.39, 0.29) is 12.1 Å². The predicted molar refractivity (Wildman–Crippen MR) is 138 cm³/mol. The van der Waals surface area contributed by atoms with Gasteiger partial charge in [0.1, 0.15) is 6.61 Å². The number of piperidine rings is 1. The van der Waals surface area contributed by atoms with E-state index in [2.05, 4.69) is 77.8 Å². The summed E-state index contributed by atoms with van der Waals surface area (Å²) in [6.45, 7) is 5.57. The van der Waals surface area contributed by atoms with E-state index in [4.69, 9.17) is 4.74 Å². The summed E-state index contributed by atoms with van der Waals surface area (Å²) in [7, 11) is 0. The van der Waals surface area contributed by atoms with Crippen LogP contribution in [0.3, 0.4) is 0 Å². The quantitative estimate of drug-likeness (QED) is 0.442. The molecule has 1 aliphatic rings. The van der Waals surface area contributed by atoms with Gasteiger partial charge in [0.2, 0.25) is 0 Å². The Labute approximate surface area is 203 Å². The number of carbonyl (C=O) groups is 1. The van der Waals surface area contributed by atoms with Crippen molar-refractivity contribution >= 4 is 11.8 Å². The van der Waals surface area contributed by atoms with Crippen molar-refractivity contribution in [2.75, 3.05) is 25.0 Å². The van der Waals surface area contributed by atoms with Gasteiger partial charge in [-0.1, -0.05) is 78.9 Å². The van der Waals surface area contributed by atoms with Gasteiger partial charge in [0, 0.05) is 44.0 Å². The molecule has 1 aliphatic heterocycles. The van der Waals surface area contributed by atoms with Crippen molar-refractivity contribution in [1.82, 2.24) is 9.80 Å². The van der Waals surface area contributed by atoms with Crippen LogP contribution in [0.1, 0.15) is 30.9 Å². The maximum absolute atomic E-state index is 12.8. The highest BCUT2D eigenvalue weighted by molar-refractivity contribution is 5.67. The fourth-order valence-electron chi connectivity index (χ4n) is 4.37. The highest BCUT2D eigenvalue weighted by Crippen LogP contribution is 2.18. The molecule has 0 saturated carbocycles. The van der Waals surface area contributed by atoms with Crippen LogP contribution in [0, 0.1) is 0 Å². The zero-order valence-corrected chi connectivity index (χ0v) is 20.0. The van der Waals surface area contributed by atoms with Crippen molar-refractivity contribution in [2.24, 2.45) is 0 Å². The lowest BCUT2D eigenvalue weighted by atomic mass is 10.1. The molecule has 0 bridgehead atoms. The van der Waals surface area contributed by atoms with E-state index < -0.39 is 0 Å². The van der Waals surface area contributed by atoms with Gasteiger partial charge in [-0.3, -0.25) is 4.90 Å². The number of anilines is 1. The Morgan fingerprint density at radius 3 is 1.91 bits per heavy atom. The molecule has 0 aromatic heterocycles. The van der Waals surface area contributed by atoms with E-state index in [0.29, 0.717) is 12.6 Å². The molecule has 3 aromatic carbocycles. The van der Waals surface area contributed by atoms with Crippen molar-refractivity contribution in [3.8, 4) is 0 Å². The summed E-state index contributed by atoms with van der Waals surface area (Å²) in [5, 5.41) is 3.57. The van der Waals surface area contributed by atoms with E-state index in [9.17, 15) is 4.79 Å². The predicted octanol–water partition coefficient (Wildman–Crippen LogP) is 5.79. The van der Waals surface area contributed by atoms with Crippen LogP contribution in [0.4, 0.5) is 10.5 Å². The SMILES string of the molecule is CC(COC(=O)N1CCC(Nc2ccccc2)CC1)N(Cc1ccccc1)Cc1ccccc1. The Morgan fingerprint density at radius 1 is 0.882 bits per heavy atom. The number of nitrogens with zero attached hydrogens (tertiary/aromatic N) is 2. The zero-order valence-electron chi connectivity index (χ0n) is 20.0. The second-order valence-corrected chi connectivity index (χ2v) is 9.07. The minimum Gasteiger partial charge on any atom is -0.448 e. The first kappa shape index (κ1) is 23.8. The third kappa shape index (κ3) is 7.09. The third-order valence-corrected chi connectivity index (χ3v) is 6.43. The fourth-order valence-corrected chi connectivity index (χ4v) is 4.37. The van der Waals surface area contributed by atoms with Crippen molar-refractivity contribution in [3.05, 3.63) is 102 Å². The first-order chi connectivity index (χ1) is 16.7. The summed E-state index contributed by atoms with van der Waals surface area (Å²) in [5.41, 5.74) is 3.64. The van der Waals surface area contributed by atoms with Crippen LogP contribution in [0.5, 0.6) is 0 Å². The average molecular weight is 458 g/mol. The molecular weight excluding hydrogens is 422 g/mol. The Kier molecular flexibility index (Phi) is 8.58. The lowest BCUT2D eigenvalue weighted by molar-refractivity contribution is 0.0595. The van der Waals surface area contributed by atoms with Gasteiger partial charge in [-0.15, -0.1) is 0 Å². The van der Waals surface area contributed by atoms with Gasteiger partial charge in [0.05, 0.1) is 0 Å². The van der Waals surface area contributed by atoms with Gasteiger partial charge in [0.25, 0.3) is 0 Å². The molecule has 3 aromatic rings. The molecule has 0 aliphatic carbocycles. The molecule has 1 saturated heterocycles. The largest absolute Gasteiger partial charge is 0.448 e. The smallest absolute Gasteiger partial charge is 0.409 e. The van der Waals surface area contributed by atoms with Gasteiger partial charge in [-0.2, -0.15) is 0 Å². The van der Waals surface area contributed by atoms with Crippen LogP contribution in [0.15, 0.2) is 91.0 Å². The van der Waals surface area contributed by atoms with Crippen molar-refractivity contribution in [3.63, 3.8) is 0 Å². The summed E-state index contributed by atoms with van der Waals surface area (Å²) in [6, 6.07) is 31.7. The van der Waals surface area contributed by atoms with Gasteiger partial charge in [0.15, 0.2) is 0 Å². The van der Waals surface area contributed by atoms with E-state index >= 15 is 0 Å². The Balaban J connectivity index is 1.27. The maximum Gasteiger partial charge on any atom is 0.409 e. The summed E-state index contributed by atoms with van der Waals surface area (Å²) in [4.78, 5) is 17.0. The van der Waals surface area contributed by atoms with Crippen molar-refractivity contribution < 1.29 is 9.53 Å². The summed E-state index contributed by atoms with van der Waals surface area (Å²) < 4.78 is 5.78. The number of para-hydroxylation sites is 1. The Morgan fingerprint density at radius 2 is 1.38 bits per heavy atom. The summed E-state index contributed by atoms with van der Waals surface area (Å²) >= 11 is 0. The lowest BCUT2D eigenvalue weighted by Gasteiger charge is -2.33. The van der Waals surface area contributed by atoms with Gasteiger partial charge in [-0.05, 0) is 43.0 Å². The van der Waals surface area contributed by atoms with E-state index in [1.807, 2.05) is 35.2 Å². The molecule has 5 heteroatoms. The number of amides is 1. The van der Waals surface area contributed by atoms with Gasteiger partial charge >= 0.3 is 6.09 Å². The minimum atomic E-state index is -0.204. The third-order valence-electron chi connectivity index (χ3n) is 6.43. The molecule has 178 valence electrons. The number of carbonyl (C=O) groups excluding carboxylic acids is 1. The fraction of sp³-hybridized carbons (Fsp3) is 0.345. The molecular formula is C29H35N3O2. The highest BCUT2D eigenvalue weighted by Gasteiger charge is 2.25. The second kappa shape index (κ2) is 12.2. The second-order valence-electron chi connectivity index (χ2n) is 9.07. The normalized spacial score (nSPS) is 15.2. The first-order valence-electron chi connectivity index (χ1n) is 12.2. The van der Waals surface area contributed by atoms with Crippen LogP contribution in [0.2, 0.25) is 0 Å². The molecule has 0 spiro atoms. The lowest BCUT2D eigenvalue weighted by Crippen LogP contribution is -2.44. The molecule has 1 atom stereocenters. The number of hydrogen-bond acceptors (Lipinski definition) is 4. The number of nitrogens with one attached hydrogen (secondary N) is 1.